The van der Waals surface area contributed by atoms with Gasteiger partial charge in [-0.25, -0.2) is 14.8 Å². The lowest BCUT2D eigenvalue weighted by atomic mass is 10.1. The van der Waals surface area contributed by atoms with Crippen LogP contribution >= 0.6 is 22.9 Å². The van der Waals surface area contributed by atoms with Gasteiger partial charge in [0.05, 0.1) is 28.3 Å². The zero-order chi connectivity index (χ0) is 20.2. The quantitative estimate of drug-likeness (QED) is 0.397. The molecule has 5 nitrogen and oxygen atoms in total. The summed E-state index contributed by atoms with van der Waals surface area (Å²) in [5.74, 6) is 0.556. The van der Waals surface area contributed by atoms with Gasteiger partial charge in [0.15, 0.2) is 5.82 Å². The maximum absolute atomic E-state index is 12.5. The largest absolute Gasteiger partial charge is 0.323 e. The molecule has 2 amide bonds. The third-order valence-corrected chi connectivity index (χ3v) is 5.48. The lowest BCUT2D eigenvalue weighted by Gasteiger charge is -2.13. The van der Waals surface area contributed by atoms with E-state index in [-0.39, 0.29) is 6.03 Å². The molecule has 4 aromatic rings. The summed E-state index contributed by atoms with van der Waals surface area (Å²) in [5.41, 5.74) is 3.40. The Morgan fingerprint density at radius 1 is 0.966 bits per heavy atom. The van der Waals surface area contributed by atoms with E-state index in [0.29, 0.717) is 22.2 Å². The van der Waals surface area contributed by atoms with Crippen molar-refractivity contribution in [2.24, 2.45) is 0 Å². The zero-order valence-corrected chi connectivity index (χ0v) is 17.1. The Morgan fingerprint density at radius 2 is 1.69 bits per heavy atom. The molecule has 4 rings (SSSR count). The first-order chi connectivity index (χ1) is 14.1. The first-order valence-corrected chi connectivity index (χ1v) is 10.2. The minimum absolute atomic E-state index is 0.365. The van der Waals surface area contributed by atoms with Gasteiger partial charge in [-0.2, -0.15) is 0 Å². The van der Waals surface area contributed by atoms with Crippen LogP contribution < -0.4 is 10.6 Å². The van der Waals surface area contributed by atoms with Gasteiger partial charge < -0.3 is 10.6 Å². The van der Waals surface area contributed by atoms with Crippen LogP contribution in [0.3, 0.4) is 0 Å². The number of aromatic nitrogens is 2. The Balaban J connectivity index is 1.72. The zero-order valence-electron chi connectivity index (χ0n) is 15.5. The lowest BCUT2D eigenvalue weighted by molar-refractivity contribution is 0.262. The van der Waals surface area contributed by atoms with E-state index in [2.05, 4.69) is 15.6 Å². The second-order valence-corrected chi connectivity index (χ2v) is 7.80. The maximum atomic E-state index is 12.5. The summed E-state index contributed by atoms with van der Waals surface area (Å²) in [6.45, 7) is 1.95. The van der Waals surface area contributed by atoms with Crippen molar-refractivity contribution in [3.05, 3.63) is 82.1 Å². The number of thiophene rings is 1. The average molecular weight is 421 g/mol. The number of nitrogens with zero attached hydrogens (tertiary/aromatic N) is 2. The average Bonchev–Trinajstić information content (AvgIpc) is 3.14. The fourth-order valence-electron chi connectivity index (χ4n) is 2.85. The van der Waals surface area contributed by atoms with Crippen LogP contribution in [0.25, 0.3) is 22.6 Å². The van der Waals surface area contributed by atoms with E-state index < -0.39 is 0 Å². The third-order valence-electron chi connectivity index (χ3n) is 4.30. The monoisotopic (exact) mass is 420 g/mol. The van der Waals surface area contributed by atoms with Crippen LogP contribution in [-0.4, -0.2) is 16.0 Å². The van der Waals surface area contributed by atoms with Crippen molar-refractivity contribution in [1.29, 1.82) is 0 Å². The highest BCUT2D eigenvalue weighted by Gasteiger charge is 2.16. The number of anilines is 2. The van der Waals surface area contributed by atoms with Crippen molar-refractivity contribution >= 4 is 40.3 Å². The second kappa shape index (κ2) is 8.43. The molecule has 2 N–H and O–H groups in total. The predicted molar refractivity (Wildman–Crippen MR) is 120 cm³/mol. The van der Waals surface area contributed by atoms with Gasteiger partial charge in [-0.15, -0.1) is 11.3 Å². The molecule has 144 valence electrons. The molecule has 0 atom stereocenters. The number of rotatable bonds is 4. The van der Waals surface area contributed by atoms with Gasteiger partial charge in [0.25, 0.3) is 0 Å². The van der Waals surface area contributed by atoms with Gasteiger partial charge in [-0.3, -0.25) is 0 Å². The number of urea groups is 1. The number of hydrogen-bond acceptors (Lipinski definition) is 4. The normalized spacial score (nSPS) is 10.6. The van der Waals surface area contributed by atoms with E-state index >= 15 is 0 Å². The molecule has 0 aliphatic carbocycles. The standard InChI is InChI=1S/C22H17ClN4OS/c1-14-18(11-12-29-14)25-22(28)26-19-13-24-21(15-7-3-2-4-8-15)27-20(19)16-9-5-6-10-17(16)23/h2-13H,1H3,(H2,25,26,28). The van der Waals surface area contributed by atoms with Crippen LogP contribution in [0, 0.1) is 6.92 Å². The summed E-state index contributed by atoms with van der Waals surface area (Å²) in [6.07, 6.45) is 1.61. The fraction of sp³-hybridized carbons (Fsp3) is 0.0455. The van der Waals surface area contributed by atoms with Gasteiger partial charge >= 0.3 is 6.03 Å². The Morgan fingerprint density at radius 3 is 2.41 bits per heavy atom. The Kier molecular flexibility index (Phi) is 5.55. The number of hydrogen-bond donors (Lipinski definition) is 2. The molecule has 0 saturated heterocycles. The highest BCUT2D eigenvalue weighted by molar-refractivity contribution is 7.10. The van der Waals surface area contributed by atoms with Crippen molar-refractivity contribution < 1.29 is 4.79 Å². The van der Waals surface area contributed by atoms with Crippen LogP contribution in [0.4, 0.5) is 16.2 Å². The molecule has 0 saturated carbocycles. The van der Waals surface area contributed by atoms with Crippen LogP contribution in [0.1, 0.15) is 4.88 Å². The third kappa shape index (κ3) is 4.29. The molecule has 0 fully saturated rings. The summed E-state index contributed by atoms with van der Waals surface area (Å²) in [4.78, 5) is 22.7. The number of aryl methyl sites for hydroxylation is 1. The van der Waals surface area contributed by atoms with E-state index in [1.165, 1.54) is 0 Å². The molecule has 2 aromatic heterocycles. The van der Waals surface area contributed by atoms with Crippen molar-refractivity contribution in [2.75, 3.05) is 10.6 Å². The number of nitrogens with one attached hydrogen (secondary N) is 2. The Hall–Kier alpha value is -3.22. The molecule has 0 radical (unpaired) electrons. The summed E-state index contributed by atoms with van der Waals surface area (Å²) < 4.78 is 0. The second-order valence-electron chi connectivity index (χ2n) is 6.27. The van der Waals surface area contributed by atoms with E-state index in [9.17, 15) is 4.79 Å². The highest BCUT2D eigenvalue weighted by Crippen LogP contribution is 2.33. The molecule has 29 heavy (non-hydrogen) atoms. The maximum Gasteiger partial charge on any atom is 0.323 e. The minimum Gasteiger partial charge on any atom is -0.307 e. The van der Waals surface area contributed by atoms with Gasteiger partial charge in [0, 0.05) is 16.0 Å². The molecule has 0 aliphatic rings. The fourth-order valence-corrected chi connectivity index (χ4v) is 3.73. The number of benzene rings is 2. The molecule has 0 spiro atoms. The first kappa shape index (κ1) is 19.1. The van der Waals surface area contributed by atoms with Gasteiger partial charge in [-0.1, -0.05) is 60.1 Å². The number of amides is 2. The van der Waals surface area contributed by atoms with Crippen molar-refractivity contribution in [3.63, 3.8) is 0 Å². The topological polar surface area (TPSA) is 66.9 Å². The van der Waals surface area contributed by atoms with E-state index in [4.69, 9.17) is 16.6 Å². The molecule has 2 aromatic carbocycles. The molecule has 7 heteroatoms. The van der Waals surface area contributed by atoms with E-state index in [0.717, 1.165) is 21.7 Å². The molecule has 0 unspecified atom stereocenters. The predicted octanol–water partition coefficient (Wildman–Crippen LogP) is 6.48. The summed E-state index contributed by atoms with van der Waals surface area (Å²) in [7, 11) is 0. The lowest BCUT2D eigenvalue weighted by Crippen LogP contribution is -2.20. The first-order valence-electron chi connectivity index (χ1n) is 8.91. The number of carbonyl (C=O) groups is 1. The number of carbonyl (C=O) groups excluding carboxylic acids is 1. The van der Waals surface area contributed by atoms with Crippen LogP contribution in [0.15, 0.2) is 72.2 Å². The summed E-state index contributed by atoms with van der Waals surface area (Å²) in [5, 5.41) is 8.17. The minimum atomic E-state index is -0.365. The van der Waals surface area contributed by atoms with Crippen LogP contribution in [0.5, 0.6) is 0 Å². The SMILES string of the molecule is Cc1sccc1NC(=O)Nc1cnc(-c2ccccc2)nc1-c1ccccc1Cl. The molecular formula is C22H17ClN4OS. The van der Waals surface area contributed by atoms with Crippen molar-refractivity contribution in [3.8, 4) is 22.6 Å². The summed E-state index contributed by atoms with van der Waals surface area (Å²) in [6, 6.07) is 18.5. The van der Waals surface area contributed by atoms with Crippen molar-refractivity contribution in [2.45, 2.75) is 6.92 Å². The molecule has 0 bridgehead atoms. The smallest absolute Gasteiger partial charge is 0.307 e. The molecular weight excluding hydrogens is 404 g/mol. The van der Waals surface area contributed by atoms with Crippen LogP contribution in [0.2, 0.25) is 5.02 Å². The van der Waals surface area contributed by atoms with Crippen molar-refractivity contribution in [1.82, 2.24) is 9.97 Å². The molecule has 2 heterocycles. The Bertz CT molecular complexity index is 1160. The van der Waals surface area contributed by atoms with Crippen LogP contribution in [-0.2, 0) is 0 Å². The number of halogens is 1. The highest BCUT2D eigenvalue weighted by atomic mass is 35.5. The van der Waals surface area contributed by atoms with Gasteiger partial charge in [0.1, 0.15) is 0 Å². The van der Waals surface area contributed by atoms with Gasteiger partial charge in [-0.05, 0) is 24.4 Å². The summed E-state index contributed by atoms with van der Waals surface area (Å²) >= 11 is 7.98. The van der Waals surface area contributed by atoms with E-state index in [1.807, 2.05) is 66.9 Å². The van der Waals surface area contributed by atoms with Gasteiger partial charge in [0.2, 0.25) is 0 Å². The molecule has 0 aliphatic heterocycles. The Labute approximate surface area is 177 Å². The van der Waals surface area contributed by atoms with E-state index in [1.54, 1.807) is 23.6 Å².